The van der Waals surface area contributed by atoms with Gasteiger partial charge >= 0.3 is 0 Å². The number of aromatic amines is 1. The smallest absolute Gasteiger partial charge is 0.257 e. The van der Waals surface area contributed by atoms with Crippen LogP contribution in [0.25, 0.3) is 11.3 Å². The topological polar surface area (TPSA) is 86.4 Å². The highest BCUT2D eigenvalue weighted by Gasteiger charge is 2.31. The number of hydrogen-bond acceptors (Lipinski definition) is 4. The molecule has 1 fully saturated rings. The van der Waals surface area contributed by atoms with Crippen LogP contribution in [0.2, 0.25) is 5.02 Å². The summed E-state index contributed by atoms with van der Waals surface area (Å²) in [5.41, 5.74) is 2.01. The Balaban J connectivity index is 1.47. The van der Waals surface area contributed by atoms with E-state index in [0.717, 1.165) is 5.56 Å². The van der Waals surface area contributed by atoms with Crippen molar-refractivity contribution >= 4 is 27.5 Å². The first-order valence-corrected chi connectivity index (χ1v) is 10.9. The zero-order valence-electron chi connectivity index (χ0n) is 15.5. The van der Waals surface area contributed by atoms with E-state index in [9.17, 15) is 13.2 Å². The van der Waals surface area contributed by atoms with Crippen LogP contribution in [-0.4, -0.2) is 59.9 Å². The van der Waals surface area contributed by atoms with E-state index in [4.69, 9.17) is 11.6 Å². The van der Waals surface area contributed by atoms with Gasteiger partial charge in [0.2, 0.25) is 10.0 Å². The van der Waals surface area contributed by atoms with Crippen LogP contribution in [0.5, 0.6) is 0 Å². The molecule has 0 aliphatic carbocycles. The molecule has 4 rings (SSSR count). The average Bonchev–Trinajstić information content (AvgIpc) is 3.24. The lowest BCUT2D eigenvalue weighted by atomic mass is 10.1. The highest BCUT2D eigenvalue weighted by Crippen LogP contribution is 2.24. The van der Waals surface area contributed by atoms with E-state index in [1.807, 2.05) is 30.3 Å². The van der Waals surface area contributed by atoms with Crippen molar-refractivity contribution in [3.05, 3.63) is 71.4 Å². The molecule has 2 aromatic carbocycles. The van der Waals surface area contributed by atoms with Gasteiger partial charge in [-0.2, -0.15) is 9.40 Å². The number of sulfonamides is 1. The van der Waals surface area contributed by atoms with Crippen LogP contribution in [0.3, 0.4) is 0 Å². The number of aromatic nitrogens is 2. The van der Waals surface area contributed by atoms with Crippen molar-refractivity contribution in [2.45, 2.75) is 4.90 Å². The predicted molar refractivity (Wildman–Crippen MR) is 110 cm³/mol. The van der Waals surface area contributed by atoms with Gasteiger partial charge in [-0.15, -0.1) is 0 Å². The van der Waals surface area contributed by atoms with Crippen LogP contribution in [0, 0.1) is 0 Å². The molecule has 0 saturated carbocycles. The van der Waals surface area contributed by atoms with Gasteiger partial charge in [-0.05, 0) is 24.3 Å². The summed E-state index contributed by atoms with van der Waals surface area (Å²) in [6.07, 6.45) is 1.52. The molecule has 0 bridgehead atoms. The number of carbonyl (C=O) groups is 1. The van der Waals surface area contributed by atoms with Crippen LogP contribution in [-0.2, 0) is 10.0 Å². The molecule has 29 heavy (non-hydrogen) atoms. The second kappa shape index (κ2) is 7.98. The van der Waals surface area contributed by atoms with Crippen LogP contribution < -0.4 is 0 Å². The molecule has 1 aromatic heterocycles. The van der Waals surface area contributed by atoms with E-state index >= 15 is 0 Å². The van der Waals surface area contributed by atoms with Crippen molar-refractivity contribution in [3.8, 4) is 11.3 Å². The molecule has 3 aromatic rings. The Bertz CT molecular complexity index is 1110. The Kier molecular flexibility index (Phi) is 5.40. The molecule has 2 heterocycles. The fourth-order valence-corrected chi connectivity index (χ4v) is 4.88. The number of halogens is 1. The first-order valence-electron chi connectivity index (χ1n) is 9.10. The number of H-pyrrole nitrogens is 1. The summed E-state index contributed by atoms with van der Waals surface area (Å²) in [7, 11) is -3.61. The predicted octanol–water partition coefficient (Wildman–Crippen LogP) is 2.88. The molecule has 1 saturated heterocycles. The minimum absolute atomic E-state index is 0.166. The lowest BCUT2D eigenvalue weighted by molar-refractivity contribution is 0.0698. The monoisotopic (exact) mass is 430 g/mol. The molecular weight excluding hydrogens is 412 g/mol. The van der Waals surface area contributed by atoms with E-state index in [2.05, 4.69) is 10.2 Å². The first-order chi connectivity index (χ1) is 14.0. The quantitative estimate of drug-likeness (QED) is 0.689. The second-order valence-corrected chi connectivity index (χ2v) is 9.05. The first kappa shape index (κ1) is 19.6. The van der Waals surface area contributed by atoms with E-state index in [1.54, 1.807) is 17.0 Å². The number of amides is 1. The van der Waals surface area contributed by atoms with Gasteiger partial charge < -0.3 is 4.90 Å². The summed E-state index contributed by atoms with van der Waals surface area (Å²) in [6, 6.07) is 15.6. The minimum Gasteiger partial charge on any atom is -0.336 e. The summed E-state index contributed by atoms with van der Waals surface area (Å²) in [6.45, 7) is 1.08. The highest BCUT2D eigenvalue weighted by atomic mass is 35.5. The standard InChI is InChI=1S/C20H19ClN4O3S/c21-16-6-8-17(9-7-16)29(27,28)25-12-10-24(11-13-25)20(26)18-14-22-23-19(18)15-4-2-1-3-5-15/h1-9,14H,10-13H2,(H,22,23). The number of nitrogens with zero attached hydrogens (tertiary/aromatic N) is 3. The zero-order chi connectivity index (χ0) is 20.4. The molecular formula is C20H19ClN4O3S. The molecule has 0 unspecified atom stereocenters. The van der Waals surface area contributed by atoms with Crippen LogP contribution in [0.1, 0.15) is 10.4 Å². The Hall–Kier alpha value is -2.68. The lowest BCUT2D eigenvalue weighted by Gasteiger charge is -2.34. The highest BCUT2D eigenvalue weighted by molar-refractivity contribution is 7.89. The summed E-state index contributed by atoms with van der Waals surface area (Å²) in [5, 5.41) is 7.39. The van der Waals surface area contributed by atoms with Gasteiger partial charge in [-0.25, -0.2) is 8.42 Å². The summed E-state index contributed by atoms with van der Waals surface area (Å²) in [4.78, 5) is 14.9. The molecule has 0 radical (unpaired) electrons. The number of hydrogen-bond donors (Lipinski definition) is 1. The molecule has 9 heteroatoms. The Morgan fingerprint density at radius 2 is 1.62 bits per heavy atom. The van der Waals surface area contributed by atoms with Crippen molar-refractivity contribution in [1.82, 2.24) is 19.4 Å². The van der Waals surface area contributed by atoms with Crippen LogP contribution >= 0.6 is 11.6 Å². The van der Waals surface area contributed by atoms with E-state index < -0.39 is 10.0 Å². The largest absolute Gasteiger partial charge is 0.336 e. The average molecular weight is 431 g/mol. The molecule has 1 aliphatic heterocycles. The number of carbonyl (C=O) groups excluding carboxylic acids is 1. The maximum Gasteiger partial charge on any atom is 0.257 e. The number of nitrogens with one attached hydrogen (secondary N) is 1. The van der Waals surface area contributed by atoms with E-state index in [0.29, 0.717) is 29.4 Å². The van der Waals surface area contributed by atoms with Gasteiger partial charge in [0.25, 0.3) is 5.91 Å². The molecule has 1 N–H and O–H groups in total. The SMILES string of the molecule is O=C(c1cn[nH]c1-c1ccccc1)N1CCN(S(=O)(=O)c2ccc(Cl)cc2)CC1. The van der Waals surface area contributed by atoms with Gasteiger partial charge in [-0.1, -0.05) is 41.9 Å². The Morgan fingerprint density at radius 1 is 0.966 bits per heavy atom. The minimum atomic E-state index is -3.61. The Morgan fingerprint density at radius 3 is 2.28 bits per heavy atom. The van der Waals surface area contributed by atoms with Crippen molar-refractivity contribution in [2.75, 3.05) is 26.2 Å². The van der Waals surface area contributed by atoms with Gasteiger partial charge in [0, 0.05) is 36.8 Å². The molecule has 150 valence electrons. The summed E-state index contributed by atoms with van der Waals surface area (Å²) < 4.78 is 27.0. The van der Waals surface area contributed by atoms with Gasteiger partial charge in [0.1, 0.15) is 0 Å². The fourth-order valence-electron chi connectivity index (χ4n) is 3.33. The van der Waals surface area contributed by atoms with Gasteiger partial charge in [0.05, 0.1) is 22.3 Å². The number of benzene rings is 2. The third kappa shape index (κ3) is 3.91. The normalized spacial score (nSPS) is 15.4. The number of rotatable bonds is 4. The van der Waals surface area contributed by atoms with E-state index in [-0.39, 0.29) is 23.9 Å². The second-order valence-electron chi connectivity index (χ2n) is 6.67. The van der Waals surface area contributed by atoms with Crippen molar-refractivity contribution in [2.24, 2.45) is 0 Å². The summed E-state index contributed by atoms with van der Waals surface area (Å²) in [5.74, 6) is -0.166. The molecule has 1 aliphatic rings. The van der Waals surface area contributed by atoms with Gasteiger partial charge in [-0.3, -0.25) is 9.89 Å². The molecule has 1 amide bonds. The third-order valence-corrected chi connectivity index (χ3v) is 7.07. The number of piperazine rings is 1. The molecule has 0 atom stereocenters. The molecule has 7 nitrogen and oxygen atoms in total. The Labute approximate surface area is 174 Å². The van der Waals surface area contributed by atoms with Crippen molar-refractivity contribution in [3.63, 3.8) is 0 Å². The maximum absolute atomic E-state index is 13.0. The zero-order valence-corrected chi connectivity index (χ0v) is 17.0. The van der Waals surface area contributed by atoms with Crippen LogP contribution in [0.15, 0.2) is 65.7 Å². The summed E-state index contributed by atoms with van der Waals surface area (Å²) >= 11 is 5.85. The van der Waals surface area contributed by atoms with Crippen LogP contribution in [0.4, 0.5) is 0 Å². The third-order valence-electron chi connectivity index (χ3n) is 4.91. The lowest BCUT2D eigenvalue weighted by Crippen LogP contribution is -2.50. The fraction of sp³-hybridized carbons (Fsp3) is 0.200. The van der Waals surface area contributed by atoms with E-state index in [1.165, 1.54) is 22.6 Å². The molecule has 0 spiro atoms. The van der Waals surface area contributed by atoms with Gasteiger partial charge in [0.15, 0.2) is 0 Å². The van der Waals surface area contributed by atoms with Crippen molar-refractivity contribution < 1.29 is 13.2 Å². The van der Waals surface area contributed by atoms with Crippen molar-refractivity contribution in [1.29, 1.82) is 0 Å². The maximum atomic E-state index is 13.0.